The average molecular weight is 333 g/mol. The molecule has 1 aromatic heterocycles. The first kappa shape index (κ1) is 15.9. The lowest BCUT2D eigenvalue weighted by molar-refractivity contribution is 0.131. The van der Waals surface area contributed by atoms with E-state index in [4.69, 9.17) is 4.42 Å². The van der Waals surface area contributed by atoms with Gasteiger partial charge in [0.2, 0.25) is 0 Å². The second-order valence-corrected chi connectivity index (χ2v) is 6.56. The molecule has 4 rings (SSSR count). The van der Waals surface area contributed by atoms with Crippen molar-refractivity contribution < 1.29 is 4.42 Å². The molecule has 1 aliphatic rings. The summed E-state index contributed by atoms with van der Waals surface area (Å²) >= 11 is 0. The van der Waals surface area contributed by atoms with Gasteiger partial charge in [-0.25, -0.2) is 0 Å². The third-order valence-electron chi connectivity index (χ3n) is 4.73. The van der Waals surface area contributed by atoms with Crippen LogP contribution in [0.15, 0.2) is 64.1 Å². The van der Waals surface area contributed by atoms with Gasteiger partial charge in [-0.1, -0.05) is 42.5 Å². The second-order valence-electron chi connectivity index (χ2n) is 6.56. The number of nitrogens with zero attached hydrogens (tertiary/aromatic N) is 3. The Morgan fingerprint density at radius 1 is 0.960 bits per heavy atom. The van der Waals surface area contributed by atoms with E-state index in [9.17, 15) is 0 Å². The highest BCUT2D eigenvalue weighted by molar-refractivity contribution is 5.85. The minimum Gasteiger partial charge on any atom is -0.460 e. The summed E-state index contributed by atoms with van der Waals surface area (Å²) in [7, 11) is 0. The normalized spacial score (nSPS) is 16.1. The number of aryl methyl sites for hydroxylation is 1. The maximum Gasteiger partial charge on any atom is 0.147 e. The average Bonchev–Trinajstić information content (AvgIpc) is 3.07. The van der Waals surface area contributed by atoms with Crippen LogP contribution in [0.4, 0.5) is 0 Å². The van der Waals surface area contributed by atoms with Gasteiger partial charge in [0.1, 0.15) is 11.5 Å². The molecule has 0 radical (unpaired) electrons. The summed E-state index contributed by atoms with van der Waals surface area (Å²) in [5.74, 6) is 1.73. The predicted molar refractivity (Wildman–Crippen MR) is 102 cm³/mol. The van der Waals surface area contributed by atoms with Crippen LogP contribution in [0.2, 0.25) is 0 Å². The Hall–Kier alpha value is -2.59. The number of rotatable bonds is 4. The lowest BCUT2D eigenvalue weighted by atomic mass is 10.0. The summed E-state index contributed by atoms with van der Waals surface area (Å²) in [6, 6.07) is 19.1. The van der Waals surface area contributed by atoms with Crippen LogP contribution in [0.5, 0.6) is 0 Å². The Bertz CT molecular complexity index is 870. The third kappa shape index (κ3) is 3.74. The Kier molecular flexibility index (Phi) is 4.53. The molecular weight excluding hydrogens is 310 g/mol. The van der Waals surface area contributed by atoms with Gasteiger partial charge in [-0.15, -0.1) is 0 Å². The molecule has 25 heavy (non-hydrogen) atoms. The van der Waals surface area contributed by atoms with Crippen molar-refractivity contribution in [2.24, 2.45) is 5.10 Å². The number of furan rings is 1. The first-order valence-corrected chi connectivity index (χ1v) is 8.82. The smallest absolute Gasteiger partial charge is 0.147 e. The number of piperazine rings is 1. The first-order chi connectivity index (χ1) is 12.3. The fourth-order valence-electron chi connectivity index (χ4n) is 3.34. The zero-order valence-corrected chi connectivity index (χ0v) is 14.6. The van der Waals surface area contributed by atoms with Crippen molar-refractivity contribution >= 4 is 17.0 Å². The number of fused-ring (bicyclic) bond motifs is 1. The van der Waals surface area contributed by atoms with Crippen LogP contribution in [0.1, 0.15) is 17.1 Å². The SMILES string of the molecule is Cc1ccc(/C=N/N2CCN(Cc3cccc4ccccc34)CC2)o1. The molecule has 3 aromatic rings. The molecule has 0 N–H and O–H groups in total. The summed E-state index contributed by atoms with van der Waals surface area (Å²) in [5.41, 5.74) is 1.40. The van der Waals surface area contributed by atoms with Crippen LogP contribution in [0, 0.1) is 6.92 Å². The van der Waals surface area contributed by atoms with Crippen LogP contribution in [-0.2, 0) is 6.54 Å². The molecule has 4 heteroatoms. The van der Waals surface area contributed by atoms with Gasteiger partial charge in [0.05, 0.1) is 6.21 Å². The first-order valence-electron chi connectivity index (χ1n) is 8.82. The quantitative estimate of drug-likeness (QED) is 0.679. The van der Waals surface area contributed by atoms with Crippen LogP contribution >= 0.6 is 0 Å². The Balaban J connectivity index is 1.36. The summed E-state index contributed by atoms with van der Waals surface area (Å²) in [6.07, 6.45) is 1.81. The molecule has 1 saturated heterocycles. The van der Waals surface area contributed by atoms with Gasteiger partial charge in [0, 0.05) is 32.7 Å². The van der Waals surface area contributed by atoms with Crippen molar-refractivity contribution in [2.45, 2.75) is 13.5 Å². The zero-order valence-electron chi connectivity index (χ0n) is 14.6. The van der Waals surface area contributed by atoms with Crippen molar-refractivity contribution in [3.63, 3.8) is 0 Å². The number of benzene rings is 2. The summed E-state index contributed by atoms with van der Waals surface area (Å²) in [4.78, 5) is 2.50. The molecule has 0 spiro atoms. The molecule has 0 bridgehead atoms. The molecule has 1 fully saturated rings. The van der Waals surface area contributed by atoms with E-state index in [1.54, 1.807) is 0 Å². The van der Waals surface area contributed by atoms with Crippen molar-refractivity contribution in [3.05, 3.63) is 71.7 Å². The largest absolute Gasteiger partial charge is 0.460 e. The van der Waals surface area contributed by atoms with Gasteiger partial charge < -0.3 is 4.42 Å². The molecule has 1 aliphatic heterocycles. The fourth-order valence-corrected chi connectivity index (χ4v) is 3.34. The maximum absolute atomic E-state index is 5.53. The molecule has 4 nitrogen and oxygen atoms in total. The minimum atomic E-state index is 0.815. The molecule has 0 aliphatic carbocycles. The van der Waals surface area contributed by atoms with Crippen molar-refractivity contribution in [3.8, 4) is 0 Å². The highest BCUT2D eigenvalue weighted by atomic mass is 16.3. The van der Waals surface area contributed by atoms with Gasteiger partial charge in [-0.2, -0.15) is 5.10 Å². The van der Waals surface area contributed by atoms with Crippen molar-refractivity contribution in [1.82, 2.24) is 9.91 Å². The maximum atomic E-state index is 5.53. The third-order valence-corrected chi connectivity index (χ3v) is 4.73. The molecule has 0 unspecified atom stereocenters. The van der Waals surface area contributed by atoms with E-state index in [1.165, 1.54) is 16.3 Å². The van der Waals surface area contributed by atoms with E-state index < -0.39 is 0 Å². The molecule has 0 atom stereocenters. The fraction of sp³-hybridized carbons (Fsp3) is 0.286. The van der Waals surface area contributed by atoms with E-state index in [0.29, 0.717) is 0 Å². The van der Waals surface area contributed by atoms with Gasteiger partial charge in [-0.05, 0) is 35.4 Å². The van der Waals surface area contributed by atoms with E-state index >= 15 is 0 Å². The Morgan fingerprint density at radius 2 is 1.76 bits per heavy atom. The number of hydrogen-bond donors (Lipinski definition) is 0. The highest BCUT2D eigenvalue weighted by Crippen LogP contribution is 2.20. The standard InChI is InChI=1S/C21H23N3O/c1-17-9-10-20(25-17)15-22-24-13-11-23(12-14-24)16-19-7-4-6-18-5-2-3-8-21(18)19/h2-10,15H,11-14,16H2,1H3/b22-15+. The monoisotopic (exact) mass is 333 g/mol. The molecule has 2 aromatic carbocycles. The highest BCUT2D eigenvalue weighted by Gasteiger charge is 2.16. The lowest BCUT2D eigenvalue weighted by Gasteiger charge is -2.33. The van der Waals surface area contributed by atoms with Crippen LogP contribution in [0.25, 0.3) is 10.8 Å². The van der Waals surface area contributed by atoms with Gasteiger partial charge in [0.15, 0.2) is 0 Å². The second kappa shape index (κ2) is 7.11. The molecule has 0 amide bonds. The Morgan fingerprint density at radius 3 is 2.56 bits per heavy atom. The van der Waals surface area contributed by atoms with E-state index in [1.807, 2.05) is 25.3 Å². The van der Waals surface area contributed by atoms with E-state index in [2.05, 4.69) is 57.5 Å². The summed E-state index contributed by atoms with van der Waals surface area (Å²) in [5, 5.41) is 9.35. The topological polar surface area (TPSA) is 32.0 Å². The molecule has 2 heterocycles. The van der Waals surface area contributed by atoms with Crippen molar-refractivity contribution in [2.75, 3.05) is 26.2 Å². The summed E-state index contributed by atoms with van der Waals surface area (Å²) < 4.78 is 5.53. The van der Waals surface area contributed by atoms with E-state index in [-0.39, 0.29) is 0 Å². The lowest BCUT2D eigenvalue weighted by Crippen LogP contribution is -2.43. The van der Waals surface area contributed by atoms with E-state index in [0.717, 1.165) is 44.2 Å². The number of hydrogen-bond acceptors (Lipinski definition) is 4. The Labute approximate surface area is 148 Å². The van der Waals surface area contributed by atoms with Gasteiger partial charge in [-0.3, -0.25) is 9.91 Å². The number of hydrazone groups is 1. The summed E-state index contributed by atoms with van der Waals surface area (Å²) in [6.45, 7) is 6.89. The van der Waals surface area contributed by atoms with Crippen LogP contribution in [0.3, 0.4) is 0 Å². The molecular formula is C21H23N3O. The van der Waals surface area contributed by atoms with Crippen LogP contribution in [-0.4, -0.2) is 42.3 Å². The molecule has 128 valence electrons. The van der Waals surface area contributed by atoms with Crippen molar-refractivity contribution in [1.29, 1.82) is 0 Å². The van der Waals surface area contributed by atoms with Gasteiger partial charge in [0.25, 0.3) is 0 Å². The zero-order chi connectivity index (χ0) is 17.1. The van der Waals surface area contributed by atoms with Crippen LogP contribution < -0.4 is 0 Å². The van der Waals surface area contributed by atoms with Gasteiger partial charge >= 0.3 is 0 Å². The minimum absolute atomic E-state index is 0.815. The predicted octanol–water partition coefficient (Wildman–Crippen LogP) is 3.89. The molecule has 0 saturated carbocycles.